The van der Waals surface area contributed by atoms with Crippen LogP contribution in [0.3, 0.4) is 0 Å². The summed E-state index contributed by atoms with van der Waals surface area (Å²) in [4.78, 5) is 11.5. The standard InChI is InChI=1S/C19H16N8O2S/c1-2-26-18(14-6-4-3-5-7-14)23-24-19(26)30-17-9-8-16(27(28)29)10-15(17)11-22-25-12-20-21-13-25/h3-13H,2H2,1H3. The molecule has 0 aliphatic rings. The number of nitrogens with zero attached hydrogens (tertiary/aromatic N) is 8. The monoisotopic (exact) mass is 420 g/mol. The van der Waals surface area contributed by atoms with Crippen molar-refractivity contribution in [3.63, 3.8) is 0 Å². The van der Waals surface area contributed by atoms with Crippen LogP contribution >= 0.6 is 11.8 Å². The third-order valence-electron chi connectivity index (χ3n) is 4.21. The summed E-state index contributed by atoms with van der Waals surface area (Å²) in [5.41, 5.74) is 1.53. The fourth-order valence-electron chi connectivity index (χ4n) is 2.78. The number of rotatable bonds is 7. The van der Waals surface area contributed by atoms with Crippen molar-refractivity contribution in [2.45, 2.75) is 23.5 Å². The van der Waals surface area contributed by atoms with E-state index in [2.05, 4.69) is 25.5 Å². The largest absolute Gasteiger partial charge is 0.302 e. The first-order valence-electron chi connectivity index (χ1n) is 8.99. The van der Waals surface area contributed by atoms with Crippen molar-refractivity contribution >= 4 is 23.7 Å². The van der Waals surface area contributed by atoms with Gasteiger partial charge < -0.3 is 4.57 Å². The van der Waals surface area contributed by atoms with Crippen LogP contribution in [0, 0.1) is 10.1 Å². The van der Waals surface area contributed by atoms with E-state index < -0.39 is 4.92 Å². The van der Waals surface area contributed by atoms with Crippen LogP contribution in [0.5, 0.6) is 0 Å². The molecule has 0 spiro atoms. The Morgan fingerprint density at radius 2 is 1.90 bits per heavy atom. The van der Waals surface area contributed by atoms with Gasteiger partial charge in [0.25, 0.3) is 5.69 Å². The highest BCUT2D eigenvalue weighted by molar-refractivity contribution is 7.99. The van der Waals surface area contributed by atoms with Crippen molar-refractivity contribution in [3.05, 3.63) is 76.9 Å². The Hall–Kier alpha value is -3.86. The van der Waals surface area contributed by atoms with Crippen molar-refractivity contribution in [1.29, 1.82) is 0 Å². The van der Waals surface area contributed by atoms with Crippen molar-refractivity contribution in [1.82, 2.24) is 29.6 Å². The number of non-ortho nitro benzene ring substituents is 1. The third-order valence-corrected chi connectivity index (χ3v) is 5.28. The van der Waals surface area contributed by atoms with E-state index in [0.717, 1.165) is 16.3 Å². The van der Waals surface area contributed by atoms with Crippen molar-refractivity contribution < 1.29 is 4.92 Å². The van der Waals surface area contributed by atoms with Crippen LogP contribution in [-0.4, -0.2) is 40.8 Å². The second-order valence-electron chi connectivity index (χ2n) is 6.08. The van der Waals surface area contributed by atoms with Crippen LogP contribution in [-0.2, 0) is 6.54 Å². The van der Waals surface area contributed by atoms with Gasteiger partial charge in [-0.3, -0.25) is 10.1 Å². The summed E-state index contributed by atoms with van der Waals surface area (Å²) in [6, 6.07) is 14.4. The molecule has 0 radical (unpaired) electrons. The molecule has 2 heterocycles. The highest BCUT2D eigenvalue weighted by Crippen LogP contribution is 2.33. The molecule has 0 aliphatic carbocycles. The molecule has 2 aromatic carbocycles. The summed E-state index contributed by atoms with van der Waals surface area (Å²) in [6.45, 7) is 2.70. The van der Waals surface area contributed by atoms with Crippen molar-refractivity contribution in [2.24, 2.45) is 5.10 Å². The van der Waals surface area contributed by atoms with Gasteiger partial charge in [-0.2, -0.15) is 5.10 Å². The van der Waals surface area contributed by atoms with Crippen LogP contribution in [0.1, 0.15) is 12.5 Å². The predicted molar refractivity (Wildman–Crippen MR) is 111 cm³/mol. The van der Waals surface area contributed by atoms with Crippen LogP contribution in [0.15, 0.2) is 76.3 Å². The summed E-state index contributed by atoms with van der Waals surface area (Å²) in [7, 11) is 0. The van der Waals surface area contributed by atoms with Crippen LogP contribution < -0.4 is 0 Å². The topological polar surface area (TPSA) is 117 Å². The third kappa shape index (κ3) is 4.10. The molecular formula is C19H16N8O2S. The molecular weight excluding hydrogens is 404 g/mol. The number of hydrogen-bond donors (Lipinski definition) is 0. The van der Waals surface area contributed by atoms with E-state index in [9.17, 15) is 10.1 Å². The minimum atomic E-state index is -0.438. The van der Waals surface area contributed by atoms with Gasteiger partial charge in [0.05, 0.1) is 11.1 Å². The number of nitro groups is 1. The average molecular weight is 420 g/mol. The molecule has 4 rings (SSSR count). The van der Waals surface area contributed by atoms with Gasteiger partial charge in [-0.1, -0.05) is 30.3 Å². The molecule has 0 saturated heterocycles. The van der Waals surface area contributed by atoms with Gasteiger partial charge >= 0.3 is 0 Å². The average Bonchev–Trinajstić information content (AvgIpc) is 3.43. The fourth-order valence-corrected chi connectivity index (χ4v) is 3.75. The minimum Gasteiger partial charge on any atom is -0.302 e. The maximum absolute atomic E-state index is 11.2. The Morgan fingerprint density at radius 1 is 1.13 bits per heavy atom. The Labute approximate surface area is 175 Å². The van der Waals surface area contributed by atoms with E-state index in [1.807, 2.05) is 41.8 Å². The smallest absolute Gasteiger partial charge is 0.270 e. The van der Waals surface area contributed by atoms with E-state index in [4.69, 9.17) is 0 Å². The van der Waals surface area contributed by atoms with Gasteiger partial charge in [-0.05, 0) is 24.8 Å². The molecule has 0 aliphatic heterocycles. The number of aromatic nitrogens is 6. The summed E-state index contributed by atoms with van der Waals surface area (Å²) >= 11 is 1.37. The summed E-state index contributed by atoms with van der Waals surface area (Å²) in [5.74, 6) is 0.766. The molecule has 2 aromatic heterocycles. The van der Waals surface area contributed by atoms with Gasteiger partial charge in [0, 0.05) is 34.7 Å². The van der Waals surface area contributed by atoms with E-state index >= 15 is 0 Å². The Morgan fingerprint density at radius 3 is 2.60 bits per heavy atom. The zero-order valence-electron chi connectivity index (χ0n) is 15.9. The normalized spacial score (nSPS) is 11.2. The van der Waals surface area contributed by atoms with Crippen LogP contribution in [0.4, 0.5) is 5.69 Å². The van der Waals surface area contributed by atoms with Gasteiger partial charge in [-0.15, -0.1) is 20.4 Å². The van der Waals surface area contributed by atoms with Gasteiger partial charge in [0.2, 0.25) is 0 Å². The molecule has 30 heavy (non-hydrogen) atoms. The molecule has 0 amide bonds. The molecule has 150 valence electrons. The van der Waals surface area contributed by atoms with E-state index in [1.165, 1.54) is 47.4 Å². The van der Waals surface area contributed by atoms with E-state index in [1.54, 1.807) is 6.07 Å². The SMILES string of the molecule is CCn1c(Sc2ccc([N+](=O)[O-])cc2C=Nn2cnnc2)nnc1-c1ccccc1. The minimum absolute atomic E-state index is 0.0218. The molecule has 4 aromatic rings. The first kappa shape index (κ1) is 19.5. The van der Waals surface area contributed by atoms with E-state index in [0.29, 0.717) is 17.3 Å². The molecule has 0 bridgehead atoms. The van der Waals surface area contributed by atoms with Crippen molar-refractivity contribution in [2.75, 3.05) is 0 Å². The summed E-state index contributed by atoms with van der Waals surface area (Å²) < 4.78 is 3.41. The Bertz CT molecular complexity index is 1190. The highest BCUT2D eigenvalue weighted by Gasteiger charge is 2.17. The molecule has 11 heteroatoms. The lowest BCUT2D eigenvalue weighted by molar-refractivity contribution is -0.384. The molecule has 0 N–H and O–H groups in total. The van der Waals surface area contributed by atoms with Crippen LogP contribution in [0.25, 0.3) is 11.4 Å². The van der Waals surface area contributed by atoms with Gasteiger partial charge in [-0.25, -0.2) is 4.68 Å². The number of hydrogen-bond acceptors (Lipinski definition) is 8. The van der Waals surface area contributed by atoms with Crippen molar-refractivity contribution in [3.8, 4) is 11.4 Å². The van der Waals surface area contributed by atoms with Gasteiger partial charge in [0.15, 0.2) is 11.0 Å². The predicted octanol–water partition coefficient (Wildman–Crippen LogP) is 3.50. The molecule has 0 saturated carbocycles. The zero-order chi connectivity index (χ0) is 20.9. The maximum Gasteiger partial charge on any atom is 0.270 e. The summed E-state index contributed by atoms with van der Waals surface area (Å²) in [6.07, 6.45) is 4.39. The van der Waals surface area contributed by atoms with Gasteiger partial charge in [0.1, 0.15) is 12.7 Å². The zero-order valence-corrected chi connectivity index (χ0v) is 16.7. The quantitative estimate of drug-likeness (QED) is 0.255. The Balaban J connectivity index is 1.71. The maximum atomic E-state index is 11.2. The molecule has 10 nitrogen and oxygen atoms in total. The summed E-state index contributed by atoms with van der Waals surface area (Å²) in [5, 5.41) is 32.2. The number of benzene rings is 2. The Kier molecular flexibility index (Phi) is 5.61. The lowest BCUT2D eigenvalue weighted by atomic mass is 10.2. The number of nitro benzene ring substituents is 1. The highest BCUT2D eigenvalue weighted by atomic mass is 32.2. The molecule has 0 atom stereocenters. The van der Waals surface area contributed by atoms with Crippen LogP contribution in [0.2, 0.25) is 0 Å². The lowest BCUT2D eigenvalue weighted by Gasteiger charge is -2.09. The first-order valence-corrected chi connectivity index (χ1v) is 9.81. The second kappa shape index (κ2) is 8.66. The molecule has 0 unspecified atom stereocenters. The molecule has 0 fully saturated rings. The first-order chi connectivity index (χ1) is 14.7. The van der Waals surface area contributed by atoms with E-state index in [-0.39, 0.29) is 5.69 Å². The second-order valence-corrected chi connectivity index (χ2v) is 7.09. The lowest BCUT2D eigenvalue weighted by Crippen LogP contribution is -2.00. The fraction of sp³-hybridized carbons (Fsp3) is 0.105.